The number of hydrogen-bond acceptors (Lipinski definition) is 5. The van der Waals surface area contributed by atoms with E-state index in [2.05, 4.69) is 29.3 Å². The van der Waals surface area contributed by atoms with Crippen LogP contribution in [-0.4, -0.2) is 21.6 Å². The Labute approximate surface area is 155 Å². The van der Waals surface area contributed by atoms with Crippen molar-refractivity contribution in [3.8, 4) is 17.1 Å². The van der Waals surface area contributed by atoms with E-state index < -0.39 is 0 Å². The van der Waals surface area contributed by atoms with Gasteiger partial charge in [0, 0.05) is 29.5 Å². The first-order valence-corrected chi connectivity index (χ1v) is 9.21. The lowest BCUT2D eigenvalue weighted by atomic mass is 10.1. The fourth-order valence-electron chi connectivity index (χ4n) is 2.90. The molecule has 3 aromatic rings. The third kappa shape index (κ3) is 3.32. The van der Waals surface area contributed by atoms with Crippen LogP contribution < -0.4 is 4.74 Å². The summed E-state index contributed by atoms with van der Waals surface area (Å²) in [5, 5.41) is 9.35. The van der Waals surface area contributed by atoms with Crippen LogP contribution in [0.15, 0.2) is 41.6 Å². The SMILES string of the molecule is Cc1ccc(-c2nnc(SCc3cc(F)cc4c3OCOC4)n2C)cc1. The molecule has 7 heteroatoms. The Morgan fingerprint density at radius 3 is 2.81 bits per heavy atom. The van der Waals surface area contributed by atoms with Crippen molar-refractivity contribution >= 4 is 11.8 Å². The molecule has 0 spiro atoms. The lowest BCUT2D eigenvalue weighted by Gasteiger charge is -2.20. The number of thioether (sulfide) groups is 1. The lowest BCUT2D eigenvalue weighted by Crippen LogP contribution is -2.13. The van der Waals surface area contributed by atoms with Gasteiger partial charge in [-0.3, -0.25) is 0 Å². The standard InChI is InChI=1S/C19H18FN3O2S/c1-12-3-5-13(6-4-12)18-21-22-19(23(18)2)26-10-15-8-16(20)7-14-9-24-11-25-17(14)15/h3-8H,9-11H2,1-2H3. The van der Waals surface area contributed by atoms with Gasteiger partial charge in [-0.05, 0) is 19.1 Å². The highest BCUT2D eigenvalue weighted by Crippen LogP contribution is 2.34. The van der Waals surface area contributed by atoms with E-state index in [0.717, 1.165) is 27.7 Å². The summed E-state index contributed by atoms with van der Waals surface area (Å²) < 4.78 is 26.6. The van der Waals surface area contributed by atoms with Crippen molar-refractivity contribution in [3.63, 3.8) is 0 Å². The summed E-state index contributed by atoms with van der Waals surface area (Å²) in [7, 11) is 1.93. The molecule has 4 rings (SSSR count). The molecule has 1 aliphatic rings. The Kier molecular flexibility index (Phi) is 4.65. The van der Waals surface area contributed by atoms with Gasteiger partial charge in [0.25, 0.3) is 0 Å². The Hall–Kier alpha value is -2.38. The first-order chi connectivity index (χ1) is 12.6. The average molecular weight is 371 g/mol. The van der Waals surface area contributed by atoms with Crippen molar-refractivity contribution in [3.05, 3.63) is 58.9 Å². The minimum absolute atomic E-state index is 0.192. The number of fused-ring (bicyclic) bond motifs is 1. The molecule has 0 saturated heterocycles. The Bertz CT molecular complexity index is 941. The van der Waals surface area contributed by atoms with Crippen molar-refractivity contribution < 1.29 is 13.9 Å². The highest BCUT2D eigenvalue weighted by atomic mass is 32.2. The van der Waals surface area contributed by atoms with Gasteiger partial charge >= 0.3 is 0 Å². The largest absolute Gasteiger partial charge is 0.467 e. The van der Waals surface area contributed by atoms with E-state index in [1.54, 1.807) is 0 Å². The third-order valence-electron chi connectivity index (χ3n) is 4.25. The monoisotopic (exact) mass is 371 g/mol. The van der Waals surface area contributed by atoms with Gasteiger partial charge in [0.2, 0.25) is 0 Å². The van der Waals surface area contributed by atoms with Crippen LogP contribution in [0.2, 0.25) is 0 Å². The van der Waals surface area contributed by atoms with Gasteiger partial charge in [-0.15, -0.1) is 10.2 Å². The number of aromatic nitrogens is 3. The first kappa shape index (κ1) is 17.1. The van der Waals surface area contributed by atoms with E-state index in [1.807, 2.05) is 23.7 Å². The van der Waals surface area contributed by atoms with Gasteiger partial charge in [-0.2, -0.15) is 0 Å². The van der Waals surface area contributed by atoms with Gasteiger partial charge in [-0.1, -0.05) is 41.6 Å². The average Bonchev–Trinajstić information content (AvgIpc) is 3.01. The molecular weight excluding hydrogens is 353 g/mol. The molecule has 26 heavy (non-hydrogen) atoms. The molecule has 0 bridgehead atoms. The molecule has 0 aliphatic carbocycles. The van der Waals surface area contributed by atoms with Crippen LogP contribution in [0.4, 0.5) is 4.39 Å². The molecule has 0 atom stereocenters. The fraction of sp³-hybridized carbons (Fsp3) is 0.263. The number of nitrogens with zero attached hydrogens (tertiary/aromatic N) is 3. The van der Waals surface area contributed by atoms with Crippen molar-refractivity contribution in [1.82, 2.24) is 14.8 Å². The zero-order valence-electron chi connectivity index (χ0n) is 14.5. The molecule has 0 unspecified atom stereocenters. The second-order valence-corrected chi connectivity index (χ2v) is 7.13. The number of rotatable bonds is 4. The molecule has 2 heterocycles. The van der Waals surface area contributed by atoms with Crippen LogP contribution in [0.3, 0.4) is 0 Å². The summed E-state index contributed by atoms with van der Waals surface area (Å²) in [5.74, 6) is 1.77. The molecular formula is C19H18FN3O2S. The highest BCUT2D eigenvalue weighted by molar-refractivity contribution is 7.98. The molecule has 1 aliphatic heterocycles. The van der Waals surface area contributed by atoms with Crippen LogP contribution in [0.5, 0.6) is 5.75 Å². The second kappa shape index (κ2) is 7.09. The predicted molar refractivity (Wildman–Crippen MR) is 97.4 cm³/mol. The summed E-state index contributed by atoms with van der Waals surface area (Å²) in [5.41, 5.74) is 3.75. The van der Waals surface area contributed by atoms with Crippen molar-refractivity contribution in [2.75, 3.05) is 6.79 Å². The van der Waals surface area contributed by atoms with Gasteiger partial charge in [0.05, 0.1) is 6.61 Å². The maximum atomic E-state index is 13.9. The van der Waals surface area contributed by atoms with Crippen LogP contribution >= 0.6 is 11.8 Å². The minimum atomic E-state index is -0.285. The molecule has 0 radical (unpaired) electrons. The van der Waals surface area contributed by atoms with E-state index >= 15 is 0 Å². The predicted octanol–water partition coefficient (Wildman–Crippen LogP) is 4.09. The van der Waals surface area contributed by atoms with E-state index in [9.17, 15) is 4.39 Å². The number of aryl methyl sites for hydroxylation is 1. The van der Waals surface area contributed by atoms with Crippen LogP contribution in [-0.2, 0) is 24.1 Å². The zero-order chi connectivity index (χ0) is 18.1. The molecule has 1 aromatic heterocycles. The smallest absolute Gasteiger partial charge is 0.191 e. The quantitative estimate of drug-likeness (QED) is 0.647. The normalized spacial score (nSPS) is 13.3. The summed E-state index contributed by atoms with van der Waals surface area (Å²) >= 11 is 1.50. The van der Waals surface area contributed by atoms with Crippen molar-refractivity contribution in [1.29, 1.82) is 0 Å². The summed E-state index contributed by atoms with van der Waals surface area (Å²) in [6.07, 6.45) is 0. The van der Waals surface area contributed by atoms with Crippen LogP contribution in [0.1, 0.15) is 16.7 Å². The summed E-state index contributed by atoms with van der Waals surface area (Å²) in [6.45, 7) is 2.61. The van der Waals surface area contributed by atoms with E-state index in [-0.39, 0.29) is 12.6 Å². The van der Waals surface area contributed by atoms with E-state index in [0.29, 0.717) is 18.1 Å². The topological polar surface area (TPSA) is 49.2 Å². The van der Waals surface area contributed by atoms with Crippen molar-refractivity contribution in [2.24, 2.45) is 7.05 Å². The Morgan fingerprint density at radius 2 is 2.00 bits per heavy atom. The van der Waals surface area contributed by atoms with Crippen LogP contribution in [0, 0.1) is 12.7 Å². The number of hydrogen-bond donors (Lipinski definition) is 0. The van der Waals surface area contributed by atoms with Gasteiger partial charge in [-0.25, -0.2) is 4.39 Å². The van der Waals surface area contributed by atoms with Gasteiger partial charge < -0.3 is 14.0 Å². The van der Waals surface area contributed by atoms with Gasteiger partial charge in [0.1, 0.15) is 11.6 Å². The summed E-state index contributed by atoms with van der Waals surface area (Å²) in [4.78, 5) is 0. The molecule has 0 amide bonds. The number of benzene rings is 2. The first-order valence-electron chi connectivity index (χ1n) is 8.23. The highest BCUT2D eigenvalue weighted by Gasteiger charge is 2.18. The van der Waals surface area contributed by atoms with Gasteiger partial charge in [0.15, 0.2) is 17.8 Å². The summed E-state index contributed by atoms with van der Waals surface area (Å²) in [6, 6.07) is 11.1. The molecule has 0 N–H and O–H groups in total. The maximum absolute atomic E-state index is 13.9. The van der Waals surface area contributed by atoms with E-state index in [1.165, 1.54) is 29.5 Å². The maximum Gasteiger partial charge on any atom is 0.191 e. The van der Waals surface area contributed by atoms with Crippen LogP contribution in [0.25, 0.3) is 11.4 Å². The third-order valence-corrected chi connectivity index (χ3v) is 5.32. The Morgan fingerprint density at radius 1 is 1.19 bits per heavy atom. The van der Waals surface area contributed by atoms with E-state index in [4.69, 9.17) is 9.47 Å². The number of halogens is 1. The fourth-order valence-corrected chi connectivity index (χ4v) is 3.78. The molecule has 0 saturated carbocycles. The molecule has 2 aromatic carbocycles. The molecule has 134 valence electrons. The van der Waals surface area contributed by atoms with Crippen molar-refractivity contribution in [2.45, 2.75) is 24.4 Å². The lowest BCUT2D eigenvalue weighted by molar-refractivity contribution is -0.0171. The molecule has 5 nitrogen and oxygen atoms in total. The molecule has 0 fully saturated rings. The zero-order valence-corrected chi connectivity index (χ0v) is 15.3. The second-order valence-electron chi connectivity index (χ2n) is 6.18. The number of ether oxygens (including phenoxy) is 2. The Balaban J connectivity index is 1.56. The minimum Gasteiger partial charge on any atom is -0.467 e.